The molecular formula is C27H19ClN6O3. The number of ether oxygens (including phenoxy) is 2. The van der Waals surface area contributed by atoms with E-state index in [1.807, 2.05) is 49.4 Å². The Balaban J connectivity index is 1.34. The zero-order valence-electron chi connectivity index (χ0n) is 19.6. The van der Waals surface area contributed by atoms with E-state index in [1.165, 1.54) is 0 Å². The van der Waals surface area contributed by atoms with Crippen LogP contribution in [0.5, 0.6) is 17.5 Å². The van der Waals surface area contributed by atoms with E-state index in [0.29, 0.717) is 34.0 Å². The fraction of sp³-hybridized carbons (Fsp3) is 0.111. The average molecular weight is 511 g/mol. The van der Waals surface area contributed by atoms with Crippen LogP contribution in [0.2, 0.25) is 5.02 Å². The number of benzene rings is 2. The third-order valence-electron chi connectivity index (χ3n) is 6.27. The van der Waals surface area contributed by atoms with Gasteiger partial charge in [-0.15, -0.1) is 5.10 Å². The summed E-state index contributed by atoms with van der Waals surface area (Å²) in [4.78, 5) is 9.39. The van der Waals surface area contributed by atoms with E-state index in [4.69, 9.17) is 35.6 Å². The SMILES string of the molecule is Cc1nn(-c2ccccc2)c2c1[C@H](c1ccco1)c1c(ncn3nc(COc4ccc(Cl)cc4)nc13)O2. The highest BCUT2D eigenvalue weighted by Gasteiger charge is 2.39. The lowest BCUT2D eigenvalue weighted by molar-refractivity contribution is 0.296. The summed E-state index contributed by atoms with van der Waals surface area (Å²) in [5, 5.41) is 10.0. The molecule has 0 fully saturated rings. The second kappa shape index (κ2) is 8.49. The quantitative estimate of drug-likeness (QED) is 0.292. The van der Waals surface area contributed by atoms with Crippen LogP contribution in [0.15, 0.2) is 83.7 Å². The van der Waals surface area contributed by atoms with Gasteiger partial charge in [-0.2, -0.15) is 5.10 Å². The molecule has 0 unspecified atom stereocenters. The van der Waals surface area contributed by atoms with Crippen molar-refractivity contribution in [2.75, 3.05) is 0 Å². The Morgan fingerprint density at radius 2 is 1.81 bits per heavy atom. The smallest absolute Gasteiger partial charge is 0.230 e. The van der Waals surface area contributed by atoms with Crippen LogP contribution >= 0.6 is 11.6 Å². The first kappa shape index (κ1) is 21.6. The van der Waals surface area contributed by atoms with E-state index in [9.17, 15) is 0 Å². The van der Waals surface area contributed by atoms with Crippen molar-refractivity contribution in [2.24, 2.45) is 0 Å². The molecule has 0 saturated heterocycles. The van der Waals surface area contributed by atoms with E-state index in [1.54, 1.807) is 46.1 Å². The molecule has 10 heteroatoms. The minimum atomic E-state index is -0.336. The Morgan fingerprint density at radius 1 is 0.973 bits per heavy atom. The third kappa shape index (κ3) is 3.63. The van der Waals surface area contributed by atoms with Crippen LogP contribution in [0.4, 0.5) is 0 Å². The fourth-order valence-electron chi connectivity index (χ4n) is 4.65. The third-order valence-corrected chi connectivity index (χ3v) is 6.53. The molecule has 0 N–H and O–H groups in total. The number of aryl methyl sites for hydroxylation is 1. The second-order valence-corrected chi connectivity index (χ2v) is 9.04. The first-order chi connectivity index (χ1) is 18.2. The Morgan fingerprint density at radius 3 is 2.59 bits per heavy atom. The molecule has 1 aliphatic rings. The number of aromatic nitrogens is 6. The number of fused-ring (bicyclic) bond motifs is 4. The number of rotatable bonds is 5. The zero-order chi connectivity index (χ0) is 24.9. The van der Waals surface area contributed by atoms with Gasteiger partial charge in [0.15, 0.2) is 11.5 Å². The van der Waals surface area contributed by atoms with Crippen molar-refractivity contribution in [1.82, 2.24) is 29.4 Å². The lowest BCUT2D eigenvalue weighted by atomic mass is 9.88. The van der Waals surface area contributed by atoms with E-state index in [-0.39, 0.29) is 12.5 Å². The summed E-state index contributed by atoms with van der Waals surface area (Å²) < 4.78 is 21.6. The van der Waals surface area contributed by atoms with Gasteiger partial charge in [0.1, 0.15) is 24.4 Å². The van der Waals surface area contributed by atoms with Gasteiger partial charge in [-0.1, -0.05) is 29.8 Å². The van der Waals surface area contributed by atoms with Crippen LogP contribution in [0.1, 0.15) is 34.3 Å². The molecule has 4 aromatic heterocycles. The molecule has 1 aliphatic heterocycles. The first-order valence-corrected chi connectivity index (χ1v) is 12.0. The maximum Gasteiger partial charge on any atom is 0.230 e. The molecule has 182 valence electrons. The van der Waals surface area contributed by atoms with Crippen LogP contribution in [0.3, 0.4) is 0 Å². The predicted molar refractivity (Wildman–Crippen MR) is 135 cm³/mol. The van der Waals surface area contributed by atoms with Gasteiger partial charge in [0.2, 0.25) is 11.8 Å². The van der Waals surface area contributed by atoms with Crippen molar-refractivity contribution in [3.05, 3.63) is 113 Å². The topological polar surface area (TPSA) is 92.5 Å². The van der Waals surface area contributed by atoms with Crippen molar-refractivity contribution < 1.29 is 13.9 Å². The van der Waals surface area contributed by atoms with Crippen molar-refractivity contribution >= 4 is 17.2 Å². The first-order valence-electron chi connectivity index (χ1n) is 11.6. The molecule has 5 heterocycles. The van der Waals surface area contributed by atoms with Gasteiger partial charge >= 0.3 is 0 Å². The molecule has 2 aromatic carbocycles. The summed E-state index contributed by atoms with van der Waals surface area (Å²) in [6.45, 7) is 2.14. The minimum absolute atomic E-state index is 0.181. The van der Waals surface area contributed by atoms with E-state index in [2.05, 4.69) is 10.1 Å². The number of furan rings is 1. The number of nitrogens with zero attached hydrogens (tertiary/aromatic N) is 6. The Hall–Kier alpha value is -4.63. The molecule has 0 radical (unpaired) electrons. The Labute approximate surface area is 215 Å². The number of hydrogen-bond donors (Lipinski definition) is 0. The molecule has 6 aromatic rings. The van der Waals surface area contributed by atoms with Crippen molar-refractivity contribution in [3.63, 3.8) is 0 Å². The minimum Gasteiger partial charge on any atom is -0.486 e. The summed E-state index contributed by atoms with van der Waals surface area (Å²) in [5.74, 6) is 2.60. The van der Waals surface area contributed by atoms with Gasteiger partial charge in [-0.05, 0) is 55.5 Å². The standard InChI is InChI=1S/C27H19ClN6O3/c1-16-22-23(20-8-5-13-35-20)24-25-30-21(14-36-19-11-9-17(28)10-12-19)32-33(25)15-29-26(24)37-27(22)34(31-16)18-6-3-2-4-7-18/h2-13,15,23H,14H2,1H3/t23-/m0/s1. The molecule has 0 saturated carbocycles. The molecular weight excluding hydrogens is 492 g/mol. The zero-order valence-corrected chi connectivity index (χ0v) is 20.3. The van der Waals surface area contributed by atoms with E-state index >= 15 is 0 Å². The van der Waals surface area contributed by atoms with Gasteiger partial charge < -0.3 is 13.9 Å². The van der Waals surface area contributed by atoms with Gasteiger partial charge in [0, 0.05) is 5.02 Å². The molecule has 37 heavy (non-hydrogen) atoms. The Kier molecular flexibility index (Phi) is 4.97. The highest BCUT2D eigenvalue weighted by atomic mass is 35.5. The molecule has 1 atom stereocenters. The highest BCUT2D eigenvalue weighted by molar-refractivity contribution is 6.30. The fourth-order valence-corrected chi connectivity index (χ4v) is 4.77. The molecule has 0 bridgehead atoms. The van der Waals surface area contributed by atoms with Gasteiger partial charge in [0.05, 0.1) is 34.7 Å². The van der Waals surface area contributed by atoms with Gasteiger partial charge in [0.25, 0.3) is 0 Å². The molecule has 0 aliphatic carbocycles. The maximum atomic E-state index is 6.39. The van der Waals surface area contributed by atoms with Crippen molar-refractivity contribution in [3.8, 4) is 23.2 Å². The number of hydrogen-bond acceptors (Lipinski definition) is 7. The van der Waals surface area contributed by atoms with Crippen LogP contribution in [0, 0.1) is 6.92 Å². The summed E-state index contributed by atoms with van der Waals surface area (Å²) in [6, 6.07) is 20.8. The molecule has 9 nitrogen and oxygen atoms in total. The lowest BCUT2D eigenvalue weighted by Crippen LogP contribution is -2.15. The van der Waals surface area contributed by atoms with E-state index < -0.39 is 0 Å². The largest absolute Gasteiger partial charge is 0.486 e. The van der Waals surface area contributed by atoms with E-state index in [0.717, 1.165) is 28.3 Å². The lowest BCUT2D eigenvalue weighted by Gasteiger charge is -2.24. The summed E-state index contributed by atoms with van der Waals surface area (Å²) in [5.41, 5.74) is 3.96. The highest BCUT2D eigenvalue weighted by Crippen LogP contribution is 2.49. The summed E-state index contributed by atoms with van der Waals surface area (Å²) >= 11 is 5.97. The Bertz CT molecular complexity index is 1730. The number of para-hydroxylation sites is 1. The van der Waals surface area contributed by atoms with Crippen molar-refractivity contribution in [2.45, 2.75) is 19.4 Å². The van der Waals surface area contributed by atoms with Gasteiger partial charge in [-0.3, -0.25) is 0 Å². The van der Waals surface area contributed by atoms with Crippen LogP contribution in [0.25, 0.3) is 11.3 Å². The van der Waals surface area contributed by atoms with Gasteiger partial charge in [-0.25, -0.2) is 19.2 Å². The maximum absolute atomic E-state index is 6.39. The average Bonchev–Trinajstić information content (AvgIpc) is 3.67. The predicted octanol–water partition coefficient (Wildman–Crippen LogP) is 5.73. The van der Waals surface area contributed by atoms with Crippen LogP contribution < -0.4 is 9.47 Å². The van der Waals surface area contributed by atoms with Crippen molar-refractivity contribution in [1.29, 1.82) is 0 Å². The summed E-state index contributed by atoms with van der Waals surface area (Å²) in [6.07, 6.45) is 3.25. The molecule has 7 rings (SSSR count). The van der Waals surface area contributed by atoms with Crippen LogP contribution in [-0.4, -0.2) is 29.4 Å². The normalized spacial score (nSPS) is 14.3. The monoisotopic (exact) mass is 510 g/mol. The number of halogens is 1. The molecule has 0 spiro atoms. The molecule has 0 amide bonds. The van der Waals surface area contributed by atoms with Crippen LogP contribution in [-0.2, 0) is 6.61 Å². The summed E-state index contributed by atoms with van der Waals surface area (Å²) in [7, 11) is 0. The second-order valence-electron chi connectivity index (χ2n) is 8.60.